The van der Waals surface area contributed by atoms with Crippen molar-refractivity contribution < 1.29 is 14.8 Å². The van der Waals surface area contributed by atoms with E-state index in [0.717, 1.165) is 6.07 Å². The molecule has 2 aromatic carbocycles. The van der Waals surface area contributed by atoms with Crippen LogP contribution in [0.1, 0.15) is 0 Å². The number of nitro groups is 1. The van der Waals surface area contributed by atoms with E-state index in [4.69, 9.17) is 0 Å². The normalized spacial score (nSPS) is 10.5. The van der Waals surface area contributed by atoms with Crippen molar-refractivity contribution in [1.29, 1.82) is 0 Å². The average Bonchev–Trinajstić information content (AvgIpc) is 2.88. The van der Waals surface area contributed by atoms with E-state index in [1.807, 2.05) is 0 Å². The highest BCUT2D eigenvalue weighted by atomic mass is 16.6. The zero-order chi connectivity index (χ0) is 17.3. The molecule has 3 aromatic rings. The maximum atomic E-state index is 12.0. The summed E-state index contributed by atoms with van der Waals surface area (Å²) in [5.41, 5.74) is 0.610. The van der Waals surface area contributed by atoms with Gasteiger partial charge in [-0.25, -0.2) is 9.59 Å². The Balaban J connectivity index is 1.79. The van der Waals surface area contributed by atoms with Crippen LogP contribution < -0.4 is 16.3 Å². The third-order valence-electron chi connectivity index (χ3n) is 3.20. The molecule has 0 aliphatic rings. The summed E-state index contributed by atoms with van der Waals surface area (Å²) >= 11 is 0. The number of imidazole rings is 1. The van der Waals surface area contributed by atoms with Crippen LogP contribution in [-0.2, 0) is 0 Å². The minimum absolute atomic E-state index is 0.0635. The number of aromatic amines is 2. The molecule has 0 aliphatic heterocycles. The number of nitrogens with zero attached hydrogens (tertiary/aromatic N) is 1. The molecule has 1 aromatic heterocycles. The number of amides is 2. The Bertz CT molecular complexity index is 1010. The van der Waals surface area contributed by atoms with Crippen molar-refractivity contribution in [3.05, 3.63) is 57.0 Å². The van der Waals surface area contributed by atoms with Gasteiger partial charge < -0.3 is 25.7 Å². The molecule has 0 saturated heterocycles. The Morgan fingerprint density at radius 1 is 1.08 bits per heavy atom. The number of phenols is 1. The number of aromatic hydroxyl groups is 1. The van der Waals surface area contributed by atoms with E-state index >= 15 is 0 Å². The van der Waals surface area contributed by atoms with Gasteiger partial charge in [-0.3, -0.25) is 10.1 Å². The van der Waals surface area contributed by atoms with Gasteiger partial charge in [-0.2, -0.15) is 0 Å². The first kappa shape index (κ1) is 15.1. The van der Waals surface area contributed by atoms with E-state index < -0.39 is 16.6 Å². The highest BCUT2D eigenvalue weighted by Crippen LogP contribution is 2.28. The van der Waals surface area contributed by atoms with Gasteiger partial charge in [0.05, 0.1) is 22.0 Å². The minimum atomic E-state index is -0.716. The monoisotopic (exact) mass is 329 g/mol. The summed E-state index contributed by atoms with van der Waals surface area (Å²) in [4.78, 5) is 38.5. The van der Waals surface area contributed by atoms with Crippen LogP contribution in [0, 0.1) is 10.1 Å². The molecule has 10 heteroatoms. The third kappa shape index (κ3) is 3.02. The Labute approximate surface area is 133 Å². The molecule has 0 saturated carbocycles. The Morgan fingerprint density at radius 2 is 1.83 bits per heavy atom. The fourth-order valence-electron chi connectivity index (χ4n) is 2.17. The van der Waals surface area contributed by atoms with Crippen LogP contribution in [0.4, 0.5) is 21.9 Å². The molecule has 122 valence electrons. The Morgan fingerprint density at radius 3 is 2.58 bits per heavy atom. The molecule has 5 N–H and O–H groups in total. The maximum absolute atomic E-state index is 12.0. The second kappa shape index (κ2) is 5.76. The van der Waals surface area contributed by atoms with Crippen molar-refractivity contribution in [3.8, 4) is 5.75 Å². The first-order chi connectivity index (χ1) is 11.4. The number of carbonyl (C=O) groups excluding carboxylic acids is 1. The molecule has 0 spiro atoms. The predicted molar refractivity (Wildman–Crippen MR) is 86.3 cm³/mol. The van der Waals surface area contributed by atoms with E-state index in [-0.39, 0.29) is 17.1 Å². The average molecular weight is 329 g/mol. The summed E-state index contributed by atoms with van der Waals surface area (Å²) in [5, 5.41) is 25.1. The second-order valence-corrected chi connectivity index (χ2v) is 4.88. The van der Waals surface area contributed by atoms with Gasteiger partial charge in [-0.05, 0) is 30.3 Å². The van der Waals surface area contributed by atoms with Crippen molar-refractivity contribution in [3.63, 3.8) is 0 Å². The number of benzene rings is 2. The molecule has 2 amide bonds. The quantitative estimate of drug-likeness (QED) is 0.283. The summed E-state index contributed by atoms with van der Waals surface area (Å²) in [5.74, 6) is -0.283. The number of aromatic nitrogens is 2. The van der Waals surface area contributed by atoms with Gasteiger partial charge in [0.25, 0.3) is 5.69 Å². The fourth-order valence-corrected chi connectivity index (χ4v) is 2.17. The van der Waals surface area contributed by atoms with Crippen molar-refractivity contribution in [2.45, 2.75) is 0 Å². The number of phenolic OH excluding ortho intramolecular Hbond substituents is 1. The topological polar surface area (TPSA) is 153 Å². The van der Waals surface area contributed by atoms with Gasteiger partial charge in [0.15, 0.2) is 0 Å². The highest BCUT2D eigenvalue weighted by molar-refractivity contribution is 6.02. The van der Waals surface area contributed by atoms with Crippen molar-refractivity contribution in [2.75, 3.05) is 10.6 Å². The lowest BCUT2D eigenvalue weighted by Gasteiger charge is -2.08. The number of rotatable bonds is 3. The largest absolute Gasteiger partial charge is 0.508 e. The molecule has 0 bridgehead atoms. The lowest BCUT2D eigenvalue weighted by Crippen LogP contribution is -2.20. The standard InChI is InChI=1S/C14H11N5O5/c20-8-2-4-10(12(6-8)19(23)24)17-13(21)15-7-1-3-9-11(5-7)18-14(22)16-9/h1-6,20H,(H2,15,17,21)(H2,16,18,22). The summed E-state index contributed by atoms with van der Waals surface area (Å²) in [6.45, 7) is 0. The third-order valence-corrected chi connectivity index (χ3v) is 3.20. The highest BCUT2D eigenvalue weighted by Gasteiger charge is 2.16. The van der Waals surface area contributed by atoms with Crippen LogP contribution in [-0.4, -0.2) is 26.0 Å². The van der Waals surface area contributed by atoms with Gasteiger partial charge in [0.2, 0.25) is 0 Å². The lowest BCUT2D eigenvalue weighted by atomic mass is 10.2. The lowest BCUT2D eigenvalue weighted by molar-refractivity contribution is -0.384. The first-order valence-electron chi connectivity index (χ1n) is 6.70. The number of nitrogens with one attached hydrogen (secondary N) is 4. The van der Waals surface area contributed by atoms with Crippen LogP contribution in [0.15, 0.2) is 41.2 Å². The fraction of sp³-hybridized carbons (Fsp3) is 0. The van der Waals surface area contributed by atoms with Gasteiger partial charge in [0.1, 0.15) is 11.4 Å². The van der Waals surface area contributed by atoms with Crippen molar-refractivity contribution in [2.24, 2.45) is 0 Å². The zero-order valence-electron chi connectivity index (χ0n) is 12.0. The minimum Gasteiger partial charge on any atom is -0.508 e. The molecular formula is C14H11N5O5. The molecule has 1 heterocycles. The summed E-state index contributed by atoms with van der Waals surface area (Å²) in [7, 11) is 0. The van der Waals surface area contributed by atoms with Crippen molar-refractivity contribution >= 4 is 34.1 Å². The SMILES string of the molecule is O=C(Nc1ccc2[nH]c(=O)[nH]c2c1)Nc1ccc(O)cc1[N+](=O)[O-]. The van der Waals surface area contributed by atoms with E-state index in [2.05, 4.69) is 20.6 Å². The van der Waals surface area contributed by atoms with E-state index in [1.165, 1.54) is 18.2 Å². The summed E-state index contributed by atoms with van der Waals surface area (Å²) in [6.07, 6.45) is 0. The predicted octanol–water partition coefficient (Wildman–Crippen LogP) is 2.11. The molecule has 0 fully saturated rings. The molecule has 10 nitrogen and oxygen atoms in total. The van der Waals surface area contributed by atoms with Crippen LogP contribution in [0.2, 0.25) is 0 Å². The van der Waals surface area contributed by atoms with Gasteiger partial charge >= 0.3 is 11.7 Å². The second-order valence-electron chi connectivity index (χ2n) is 4.88. The van der Waals surface area contributed by atoms with Crippen LogP contribution in [0.5, 0.6) is 5.75 Å². The molecular weight excluding hydrogens is 318 g/mol. The maximum Gasteiger partial charge on any atom is 0.323 e. The van der Waals surface area contributed by atoms with Crippen LogP contribution in [0.25, 0.3) is 11.0 Å². The molecule has 3 rings (SSSR count). The van der Waals surface area contributed by atoms with Crippen LogP contribution >= 0.6 is 0 Å². The smallest absolute Gasteiger partial charge is 0.323 e. The Kier molecular flexibility index (Phi) is 3.62. The van der Waals surface area contributed by atoms with Gasteiger partial charge in [0, 0.05) is 5.69 Å². The van der Waals surface area contributed by atoms with E-state index in [1.54, 1.807) is 12.1 Å². The molecule has 0 radical (unpaired) electrons. The Hall–Kier alpha value is -3.82. The molecule has 0 atom stereocenters. The van der Waals surface area contributed by atoms with Gasteiger partial charge in [-0.1, -0.05) is 0 Å². The number of urea groups is 1. The van der Waals surface area contributed by atoms with E-state index in [0.29, 0.717) is 16.7 Å². The number of fused-ring (bicyclic) bond motifs is 1. The number of hydrogen-bond acceptors (Lipinski definition) is 5. The molecule has 0 unspecified atom stereocenters. The number of anilines is 2. The van der Waals surface area contributed by atoms with Crippen molar-refractivity contribution in [1.82, 2.24) is 9.97 Å². The zero-order valence-corrected chi connectivity index (χ0v) is 12.0. The summed E-state index contributed by atoms with van der Waals surface area (Å²) in [6, 6.07) is 7.38. The number of carbonyl (C=O) groups is 1. The number of H-pyrrole nitrogens is 2. The van der Waals surface area contributed by atoms with E-state index in [9.17, 15) is 24.8 Å². The molecule has 0 aliphatic carbocycles. The molecule has 24 heavy (non-hydrogen) atoms. The van der Waals surface area contributed by atoms with Crippen LogP contribution in [0.3, 0.4) is 0 Å². The summed E-state index contributed by atoms with van der Waals surface area (Å²) < 4.78 is 0. The number of hydrogen-bond donors (Lipinski definition) is 5. The first-order valence-corrected chi connectivity index (χ1v) is 6.70. The number of nitro benzene ring substituents is 1. The van der Waals surface area contributed by atoms with Gasteiger partial charge in [-0.15, -0.1) is 0 Å².